The molecule has 1 aromatic carbocycles. The van der Waals surface area contributed by atoms with Crippen LogP contribution in [0.15, 0.2) is 46.9 Å². The Morgan fingerprint density at radius 3 is 2.68 bits per heavy atom. The van der Waals surface area contributed by atoms with E-state index in [9.17, 15) is 9.59 Å². The first-order valence-corrected chi connectivity index (χ1v) is 8.35. The van der Waals surface area contributed by atoms with Gasteiger partial charge < -0.3 is 19.4 Å². The third-order valence-electron chi connectivity index (χ3n) is 4.70. The van der Waals surface area contributed by atoms with Gasteiger partial charge in [-0.05, 0) is 48.9 Å². The predicted octanol–water partition coefficient (Wildman–Crippen LogP) is 3.83. The van der Waals surface area contributed by atoms with E-state index in [4.69, 9.17) is 9.52 Å². The SMILES string of the molecule is O=C(O)c1ccc(C(=O)N2CCCCC2c2cc3ccccc3[nH]2)o1. The van der Waals surface area contributed by atoms with E-state index in [1.54, 1.807) is 4.90 Å². The van der Waals surface area contributed by atoms with Gasteiger partial charge in [-0.1, -0.05) is 18.2 Å². The second-order valence-electron chi connectivity index (χ2n) is 6.29. The van der Waals surface area contributed by atoms with Gasteiger partial charge in [0.25, 0.3) is 5.91 Å². The van der Waals surface area contributed by atoms with Crippen LogP contribution in [-0.2, 0) is 0 Å². The van der Waals surface area contributed by atoms with Crippen LogP contribution in [0.3, 0.4) is 0 Å². The summed E-state index contributed by atoms with van der Waals surface area (Å²) >= 11 is 0. The number of nitrogens with zero attached hydrogens (tertiary/aromatic N) is 1. The van der Waals surface area contributed by atoms with E-state index in [1.165, 1.54) is 12.1 Å². The number of aromatic amines is 1. The Morgan fingerprint density at radius 1 is 1.12 bits per heavy atom. The second kappa shape index (κ2) is 6.12. The number of aromatic carboxylic acids is 1. The number of amides is 1. The fourth-order valence-corrected chi connectivity index (χ4v) is 3.48. The zero-order chi connectivity index (χ0) is 17.4. The molecule has 0 radical (unpaired) electrons. The fraction of sp³-hybridized carbons (Fsp3) is 0.263. The highest BCUT2D eigenvalue weighted by atomic mass is 16.4. The molecule has 4 rings (SSSR count). The fourth-order valence-electron chi connectivity index (χ4n) is 3.48. The van der Waals surface area contributed by atoms with E-state index < -0.39 is 5.97 Å². The Kier molecular flexibility index (Phi) is 3.80. The van der Waals surface area contributed by atoms with Gasteiger partial charge in [0, 0.05) is 17.8 Å². The topological polar surface area (TPSA) is 86.5 Å². The largest absolute Gasteiger partial charge is 0.475 e. The van der Waals surface area contributed by atoms with Gasteiger partial charge in [-0.25, -0.2) is 4.79 Å². The van der Waals surface area contributed by atoms with E-state index in [1.807, 2.05) is 24.3 Å². The number of H-pyrrole nitrogens is 1. The summed E-state index contributed by atoms with van der Waals surface area (Å²) in [4.78, 5) is 29.0. The van der Waals surface area contributed by atoms with Crippen molar-refractivity contribution in [2.75, 3.05) is 6.54 Å². The Labute approximate surface area is 144 Å². The van der Waals surface area contributed by atoms with Crippen molar-refractivity contribution in [2.45, 2.75) is 25.3 Å². The van der Waals surface area contributed by atoms with Crippen LogP contribution in [0.25, 0.3) is 10.9 Å². The third kappa shape index (κ3) is 2.80. The van der Waals surface area contributed by atoms with Gasteiger partial charge in [-0.3, -0.25) is 4.79 Å². The van der Waals surface area contributed by atoms with Crippen LogP contribution in [-0.4, -0.2) is 33.4 Å². The first-order chi connectivity index (χ1) is 12.1. The van der Waals surface area contributed by atoms with Crippen molar-refractivity contribution in [3.63, 3.8) is 0 Å². The van der Waals surface area contributed by atoms with Crippen molar-refractivity contribution < 1.29 is 19.1 Å². The summed E-state index contributed by atoms with van der Waals surface area (Å²) in [6.45, 7) is 0.627. The highest BCUT2D eigenvalue weighted by Gasteiger charge is 2.31. The molecule has 3 aromatic rings. The van der Waals surface area contributed by atoms with Gasteiger partial charge in [0.2, 0.25) is 5.76 Å². The number of piperidine rings is 1. The molecule has 1 fully saturated rings. The molecule has 2 aromatic heterocycles. The number of furan rings is 1. The Morgan fingerprint density at radius 2 is 1.92 bits per heavy atom. The highest BCUT2D eigenvalue weighted by Crippen LogP contribution is 2.33. The summed E-state index contributed by atoms with van der Waals surface area (Å²) in [6.07, 6.45) is 2.84. The van der Waals surface area contributed by atoms with Gasteiger partial charge in [0.05, 0.1) is 6.04 Å². The summed E-state index contributed by atoms with van der Waals surface area (Å²) in [5.41, 5.74) is 2.04. The summed E-state index contributed by atoms with van der Waals surface area (Å²) in [5, 5.41) is 10.1. The van der Waals surface area contributed by atoms with Crippen LogP contribution in [0, 0.1) is 0 Å². The maximum atomic E-state index is 12.9. The van der Waals surface area contributed by atoms with E-state index in [2.05, 4.69) is 11.1 Å². The molecule has 1 aliphatic heterocycles. The maximum Gasteiger partial charge on any atom is 0.371 e. The number of nitrogens with one attached hydrogen (secondary N) is 1. The van der Waals surface area contributed by atoms with Crippen molar-refractivity contribution in [1.82, 2.24) is 9.88 Å². The number of rotatable bonds is 3. The van der Waals surface area contributed by atoms with Crippen molar-refractivity contribution in [1.29, 1.82) is 0 Å². The minimum absolute atomic E-state index is 0.0629. The van der Waals surface area contributed by atoms with Crippen LogP contribution >= 0.6 is 0 Å². The number of likely N-dealkylation sites (tertiary alicyclic amines) is 1. The predicted molar refractivity (Wildman–Crippen MR) is 91.6 cm³/mol. The molecule has 3 heterocycles. The summed E-state index contributed by atoms with van der Waals surface area (Å²) < 4.78 is 5.20. The lowest BCUT2D eigenvalue weighted by Gasteiger charge is -2.34. The molecule has 1 aliphatic rings. The van der Waals surface area contributed by atoms with Crippen LogP contribution < -0.4 is 0 Å². The molecule has 25 heavy (non-hydrogen) atoms. The quantitative estimate of drug-likeness (QED) is 0.760. The zero-order valence-corrected chi connectivity index (χ0v) is 13.6. The number of para-hydroxylation sites is 1. The maximum absolute atomic E-state index is 12.9. The molecule has 6 nitrogen and oxygen atoms in total. The Bertz CT molecular complexity index is 907. The first kappa shape index (κ1) is 15.5. The van der Waals surface area contributed by atoms with Crippen molar-refractivity contribution >= 4 is 22.8 Å². The molecule has 128 valence electrons. The number of carbonyl (C=O) groups excluding carboxylic acids is 1. The lowest BCUT2D eigenvalue weighted by atomic mass is 9.99. The number of carboxylic acids is 1. The molecular weight excluding hydrogens is 320 g/mol. The number of hydrogen-bond acceptors (Lipinski definition) is 3. The van der Waals surface area contributed by atoms with E-state index in [0.29, 0.717) is 6.54 Å². The molecule has 1 atom stereocenters. The molecule has 1 saturated heterocycles. The monoisotopic (exact) mass is 338 g/mol. The second-order valence-corrected chi connectivity index (χ2v) is 6.29. The number of aromatic nitrogens is 1. The molecular formula is C19H18N2O4. The summed E-state index contributed by atoms with van der Waals surface area (Å²) in [5.74, 6) is -1.59. The third-order valence-corrected chi connectivity index (χ3v) is 4.70. The molecule has 0 spiro atoms. The molecule has 0 aliphatic carbocycles. The Balaban J connectivity index is 1.66. The van der Waals surface area contributed by atoms with Crippen LogP contribution in [0.5, 0.6) is 0 Å². The lowest BCUT2D eigenvalue weighted by molar-refractivity contribution is 0.0564. The van der Waals surface area contributed by atoms with Gasteiger partial charge in [-0.2, -0.15) is 0 Å². The summed E-state index contributed by atoms with van der Waals surface area (Å²) in [7, 11) is 0. The number of fused-ring (bicyclic) bond motifs is 1. The number of hydrogen-bond donors (Lipinski definition) is 2. The molecule has 0 saturated carbocycles. The van der Waals surface area contributed by atoms with Crippen molar-refractivity contribution in [3.8, 4) is 0 Å². The minimum atomic E-state index is -1.18. The van der Waals surface area contributed by atoms with E-state index in [0.717, 1.165) is 35.9 Å². The zero-order valence-electron chi connectivity index (χ0n) is 13.6. The molecule has 1 unspecified atom stereocenters. The van der Waals surface area contributed by atoms with Crippen molar-refractivity contribution in [2.24, 2.45) is 0 Å². The van der Waals surface area contributed by atoms with E-state index in [-0.39, 0.29) is 23.5 Å². The van der Waals surface area contributed by atoms with Crippen LogP contribution in [0.2, 0.25) is 0 Å². The van der Waals surface area contributed by atoms with Crippen LogP contribution in [0.4, 0.5) is 0 Å². The lowest BCUT2D eigenvalue weighted by Crippen LogP contribution is -2.38. The first-order valence-electron chi connectivity index (χ1n) is 8.35. The molecule has 2 N–H and O–H groups in total. The number of carboxylic acid groups (broad SMARTS) is 1. The standard InChI is InChI=1S/C19H18N2O4/c22-18(16-8-9-17(25-16)19(23)24)21-10-4-3-7-15(21)14-11-12-5-1-2-6-13(12)20-14/h1-2,5-6,8-9,11,15,20H,3-4,7,10H2,(H,23,24). The normalized spacial score (nSPS) is 17.8. The average Bonchev–Trinajstić information content (AvgIpc) is 3.28. The molecule has 6 heteroatoms. The smallest absolute Gasteiger partial charge is 0.371 e. The number of benzene rings is 1. The van der Waals surface area contributed by atoms with Crippen molar-refractivity contribution in [3.05, 3.63) is 59.7 Å². The molecule has 1 amide bonds. The van der Waals surface area contributed by atoms with Gasteiger partial charge in [0.1, 0.15) is 0 Å². The van der Waals surface area contributed by atoms with E-state index >= 15 is 0 Å². The molecule has 0 bridgehead atoms. The minimum Gasteiger partial charge on any atom is -0.475 e. The van der Waals surface area contributed by atoms with Crippen LogP contribution in [0.1, 0.15) is 52.1 Å². The highest BCUT2D eigenvalue weighted by molar-refractivity contribution is 5.94. The van der Waals surface area contributed by atoms with Gasteiger partial charge in [0.15, 0.2) is 5.76 Å². The van der Waals surface area contributed by atoms with Gasteiger partial charge >= 0.3 is 5.97 Å². The van der Waals surface area contributed by atoms with Gasteiger partial charge in [-0.15, -0.1) is 0 Å². The average molecular weight is 338 g/mol. The Hall–Kier alpha value is -3.02. The summed E-state index contributed by atoms with van der Waals surface area (Å²) in [6, 6.07) is 12.8. The number of carbonyl (C=O) groups is 2.